The first-order chi connectivity index (χ1) is 9.16. The van der Waals surface area contributed by atoms with Gasteiger partial charge in [0.25, 0.3) is 0 Å². The van der Waals surface area contributed by atoms with Crippen LogP contribution in [-0.4, -0.2) is 37.7 Å². The molecule has 1 aromatic rings. The van der Waals surface area contributed by atoms with Crippen LogP contribution in [-0.2, 0) is 6.42 Å². The topological polar surface area (TPSA) is 33.1 Å². The normalized spacial score (nSPS) is 35.9. The highest BCUT2D eigenvalue weighted by Gasteiger charge is 2.38. The van der Waals surface area contributed by atoms with Crippen molar-refractivity contribution < 1.29 is 5.11 Å². The summed E-state index contributed by atoms with van der Waals surface area (Å²) in [5, 5.41) is 12.4. The van der Waals surface area contributed by atoms with Crippen LogP contribution < -0.4 is 0 Å². The molecule has 0 radical (unpaired) electrons. The predicted molar refractivity (Wildman–Crippen MR) is 84.1 cm³/mol. The van der Waals surface area contributed by atoms with E-state index in [0.717, 1.165) is 24.3 Å². The molecule has 1 aliphatic heterocycles. The molecule has 19 heavy (non-hydrogen) atoms. The summed E-state index contributed by atoms with van der Waals surface area (Å²) in [5.74, 6) is 1.31. The minimum Gasteiger partial charge on any atom is -0.391 e. The van der Waals surface area contributed by atoms with Crippen molar-refractivity contribution in [3.63, 3.8) is 0 Å². The van der Waals surface area contributed by atoms with Gasteiger partial charge in [-0.3, -0.25) is 4.98 Å². The lowest BCUT2D eigenvalue weighted by Crippen LogP contribution is -2.37. The van der Waals surface area contributed by atoms with E-state index in [1.807, 2.05) is 35.8 Å². The lowest BCUT2D eigenvalue weighted by atomic mass is 9.97. The molecule has 5 unspecified atom stereocenters. The zero-order chi connectivity index (χ0) is 13.4. The van der Waals surface area contributed by atoms with Crippen LogP contribution in [0.4, 0.5) is 0 Å². The Balaban J connectivity index is 1.73. The van der Waals surface area contributed by atoms with Crippen LogP contribution in [0.15, 0.2) is 18.3 Å². The summed E-state index contributed by atoms with van der Waals surface area (Å²) in [4.78, 5) is 4.51. The van der Waals surface area contributed by atoms with Gasteiger partial charge in [0, 0.05) is 39.3 Å². The van der Waals surface area contributed by atoms with Gasteiger partial charge in [0.2, 0.25) is 0 Å². The molecule has 2 heterocycles. The summed E-state index contributed by atoms with van der Waals surface area (Å²) in [7, 11) is 0. The van der Waals surface area contributed by atoms with Gasteiger partial charge >= 0.3 is 0 Å². The van der Waals surface area contributed by atoms with Gasteiger partial charge in [-0.25, -0.2) is 0 Å². The second-order valence-corrected chi connectivity index (χ2v) is 8.63. The second-order valence-electron chi connectivity index (χ2n) is 5.60. The molecule has 0 amide bonds. The lowest BCUT2D eigenvalue weighted by molar-refractivity contribution is 0.143. The van der Waals surface area contributed by atoms with E-state index in [4.69, 9.17) is 0 Å². The van der Waals surface area contributed by atoms with Crippen LogP contribution in [0.1, 0.15) is 37.4 Å². The van der Waals surface area contributed by atoms with E-state index in [9.17, 15) is 5.11 Å². The molecule has 1 aliphatic carbocycles. The zero-order valence-corrected chi connectivity index (χ0v) is 13.1. The Bertz CT molecular complexity index is 454. The van der Waals surface area contributed by atoms with Crippen LogP contribution >= 0.6 is 23.5 Å². The van der Waals surface area contributed by atoms with E-state index >= 15 is 0 Å². The van der Waals surface area contributed by atoms with Crippen LogP contribution in [0, 0.1) is 0 Å². The van der Waals surface area contributed by atoms with Gasteiger partial charge in [0.1, 0.15) is 0 Å². The molecule has 5 atom stereocenters. The number of aliphatic hydroxyl groups excluding tert-OH is 1. The first-order valence-electron chi connectivity index (χ1n) is 7.05. The number of hydrogen-bond donors (Lipinski definition) is 1. The van der Waals surface area contributed by atoms with Crippen molar-refractivity contribution >= 4 is 23.5 Å². The third kappa shape index (κ3) is 2.67. The first kappa shape index (κ1) is 13.8. The molecule has 104 valence electrons. The largest absolute Gasteiger partial charge is 0.391 e. The third-order valence-electron chi connectivity index (χ3n) is 4.37. The minimum absolute atomic E-state index is 0.245. The maximum absolute atomic E-state index is 10.8. The standard InChI is InChI=1S/C15H21NOS2/c1-9-10(2)19-13(8-18-9)15(17)12-6-5-11-4-3-7-16-14(11)12/h3-4,7,9-10,12-13,15,17H,5-6,8H2,1-2H3. The van der Waals surface area contributed by atoms with Crippen LogP contribution in [0.25, 0.3) is 0 Å². The molecule has 2 nitrogen and oxygen atoms in total. The molecule has 1 aromatic heterocycles. The number of fused-ring (bicyclic) bond motifs is 1. The van der Waals surface area contributed by atoms with Crippen molar-refractivity contribution in [3.05, 3.63) is 29.6 Å². The first-order valence-corrected chi connectivity index (χ1v) is 9.05. The van der Waals surface area contributed by atoms with Crippen LogP contribution in [0.3, 0.4) is 0 Å². The summed E-state index contributed by atoms with van der Waals surface area (Å²) in [6, 6.07) is 4.16. The van der Waals surface area contributed by atoms with Gasteiger partial charge in [0.15, 0.2) is 0 Å². The van der Waals surface area contributed by atoms with Crippen molar-refractivity contribution in [2.75, 3.05) is 5.75 Å². The maximum atomic E-state index is 10.8. The fraction of sp³-hybridized carbons (Fsp3) is 0.667. The number of thioether (sulfide) groups is 2. The predicted octanol–water partition coefficient (Wildman–Crippen LogP) is 3.10. The number of nitrogens with zero attached hydrogens (tertiary/aromatic N) is 1. The van der Waals surface area contributed by atoms with Gasteiger partial charge < -0.3 is 5.11 Å². The molecule has 2 aliphatic rings. The molecule has 0 aromatic carbocycles. The molecular formula is C15H21NOS2. The van der Waals surface area contributed by atoms with E-state index in [1.165, 1.54) is 5.56 Å². The summed E-state index contributed by atoms with van der Waals surface area (Å²) < 4.78 is 0. The lowest BCUT2D eigenvalue weighted by Gasteiger charge is -2.35. The van der Waals surface area contributed by atoms with E-state index < -0.39 is 0 Å². The van der Waals surface area contributed by atoms with Gasteiger partial charge in [-0.15, -0.1) is 0 Å². The molecular weight excluding hydrogens is 274 g/mol. The van der Waals surface area contributed by atoms with E-state index in [-0.39, 0.29) is 12.0 Å². The Kier molecular flexibility index (Phi) is 4.11. The number of pyridine rings is 1. The van der Waals surface area contributed by atoms with Gasteiger partial charge in [-0.2, -0.15) is 23.5 Å². The van der Waals surface area contributed by atoms with E-state index in [2.05, 4.69) is 24.9 Å². The van der Waals surface area contributed by atoms with Gasteiger partial charge in [-0.05, 0) is 24.5 Å². The third-order valence-corrected chi connectivity index (χ3v) is 7.87. The summed E-state index contributed by atoms with van der Waals surface area (Å²) in [6.45, 7) is 4.57. The van der Waals surface area contributed by atoms with Gasteiger partial charge in [0.05, 0.1) is 6.10 Å². The Morgan fingerprint density at radius 2 is 2.21 bits per heavy atom. The number of aryl methyl sites for hydroxylation is 1. The number of rotatable bonds is 2. The quantitative estimate of drug-likeness (QED) is 0.909. The van der Waals surface area contributed by atoms with Crippen LogP contribution in [0.5, 0.6) is 0 Å². The Morgan fingerprint density at radius 1 is 1.37 bits per heavy atom. The van der Waals surface area contributed by atoms with Crippen molar-refractivity contribution in [2.24, 2.45) is 0 Å². The van der Waals surface area contributed by atoms with Crippen molar-refractivity contribution in [1.82, 2.24) is 4.98 Å². The maximum Gasteiger partial charge on any atom is 0.0750 e. The highest BCUT2D eigenvalue weighted by Crippen LogP contribution is 2.43. The summed E-state index contributed by atoms with van der Waals surface area (Å²) >= 11 is 3.97. The number of aromatic nitrogens is 1. The molecule has 0 spiro atoms. The van der Waals surface area contributed by atoms with Crippen molar-refractivity contribution in [1.29, 1.82) is 0 Å². The Morgan fingerprint density at radius 3 is 3.00 bits per heavy atom. The molecule has 3 rings (SSSR count). The fourth-order valence-electron chi connectivity index (χ4n) is 3.02. The monoisotopic (exact) mass is 295 g/mol. The SMILES string of the molecule is CC1SCC(C(O)C2CCc3cccnc32)SC1C. The second kappa shape index (κ2) is 5.66. The average Bonchev–Trinajstić information content (AvgIpc) is 2.85. The molecule has 1 fully saturated rings. The van der Waals surface area contributed by atoms with Crippen molar-refractivity contribution in [2.45, 2.75) is 54.5 Å². The van der Waals surface area contributed by atoms with Crippen molar-refractivity contribution in [3.8, 4) is 0 Å². The van der Waals surface area contributed by atoms with E-state index in [1.54, 1.807) is 0 Å². The molecule has 1 saturated heterocycles. The highest BCUT2D eigenvalue weighted by molar-refractivity contribution is 8.07. The minimum atomic E-state index is -0.247. The Hall–Kier alpha value is -0.190. The highest BCUT2D eigenvalue weighted by atomic mass is 32.2. The summed E-state index contributed by atoms with van der Waals surface area (Å²) in [5.41, 5.74) is 2.48. The molecule has 4 heteroatoms. The fourth-order valence-corrected chi connectivity index (χ4v) is 6.09. The summed E-state index contributed by atoms with van der Waals surface area (Å²) in [6.07, 6.45) is 3.74. The number of hydrogen-bond acceptors (Lipinski definition) is 4. The van der Waals surface area contributed by atoms with Gasteiger partial charge in [-0.1, -0.05) is 19.9 Å². The van der Waals surface area contributed by atoms with Crippen LogP contribution in [0.2, 0.25) is 0 Å². The Labute approximate surface area is 123 Å². The zero-order valence-electron chi connectivity index (χ0n) is 11.5. The van der Waals surface area contributed by atoms with E-state index in [0.29, 0.717) is 15.7 Å². The smallest absolute Gasteiger partial charge is 0.0750 e. The molecule has 1 N–H and O–H groups in total. The molecule has 0 bridgehead atoms. The number of aliphatic hydroxyl groups is 1. The average molecular weight is 295 g/mol. The molecule has 0 saturated carbocycles.